The van der Waals surface area contributed by atoms with E-state index in [1.54, 1.807) is 0 Å². The van der Waals surface area contributed by atoms with Crippen molar-refractivity contribution < 1.29 is 9.47 Å². The fraction of sp³-hybridized carbons (Fsp3) is 1.00. The molecule has 4 unspecified atom stereocenters. The van der Waals surface area contributed by atoms with Crippen LogP contribution in [0.25, 0.3) is 0 Å². The molecular formula is C25H51ClO2. The minimum absolute atomic E-state index is 0.301. The van der Waals surface area contributed by atoms with Crippen LogP contribution in [0.2, 0.25) is 0 Å². The molecule has 0 aromatic carbocycles. The lowest BCUT2D eigenvalue weighted by molar-refractivity contribution is -0.0561. The molecule has 0 spiro atoms. The van der Waals surface area contributed by atoms with Crippen molar-refractivity contribution in [1.82, 2.24) is 0 Å². The maximum atomic E-state index is 6.11. The lowest BCUT2D eigenvalue weighted by Gasteiger charge is -2.21. The molecule has 0 saturated carbocycles. The molecule has 0 radical (unpaired) electrons. The fourth-order valence-electron chi connectivity index (χ4n) is 4.29. The molecule has 0 amide bonds. The molecule has 0 rings (SSSR count). The lowest BCUT2D eigenvalue weighted by Crippen LogP contribution is -2.11. The van der Waals surface area contributed by atoms with Crippen molar-refractivity contribution in [2.24, 2.45) is 17.8 Å². The molecule has 4 atom stereocenters. The number of ether oxygens (including phenoxy) is 2. The average molecular weight is 419 g/mol. The third kappa shape index (κ3) is 20.9. The zero-order valence-corrected chi connectivity index (χ0v) is 20.6. The van der Waals surface area contributed by atoms with Gasteiger partial charge in [-0.15, -0.1) is 11.6 Å². The van der Waals surface area contributed by atoms with E-state index in [2.05, 4.69) is 34.6 Å². The van der Waals surface area contributed by atoms with E-state index in [9.17, 15) is 0 Å². The number of unbranched alkanes of at least 4 members (excludes halogenated alkanes) is 7. The summed E-state index contributed by atoms with van der Waals surface area (Å²) in [6.07, 6.45) is 16.9. The number of rotatable bonds is 21. The van der Waals surface area contributed by atoms with E-state index >= 15 is 0 Å². The van der Waals surface area contributed by atoms with Crippen LogP contribution in [0.15, 0.2) is 0 Å². The molecule has 170 valence electrons. The Labute approximate surface area is 182 Å². The Kier molecular flexibility index (Phi) is 20.6. The van der Waals surface area contributed by atoms with Crippen LogP contribution in [0.5, 0.6) is 0 Å². The van der Waals surface area contributed by atoms with Gasteiger partial charge in [-0.05, 0) is 63.2 Å². The second-order valence-electron chi connectivity index (χ2n) is 9.35. The van der Waals surface area contributed by atoms with Gasteiger partial charge in [0.15, 0.2) is 0 Å². The molecule has 0 bridgehead atoms. The Balaban J connectivity index is 3.35. The van der Waals surface area contributed by atoms with Gasteiger partial charge in [0.2, 0.25) is 0 Å². The highest BCUT2D eigenvalue weighted by molar-refractivity contribution is 6.20. The molecule has 0 fully saturated rings. The Bertz CT molecular complexity index is 309. The molecule has 3 heteroatoms. The van der Waals surface area contributed by atoms with Crippen LogP contribution in [0.4, 0.5) is 0 Å². The molecule has 28 heavy (non-hydrogen) atoms. The SMILES string of the molecule is CCCCCCCCCCOCOCCCC(C)CC(C)CC(C)CC(C)Cl. The summed E-state index contributed by atoms with van der Waals surface area (Å²) in [7, 11) is 0. The summed E-state index contributed by atoms with van der Waals surface area (Å²) in [6, 6.07) is 0. The molecule has 0 N–H and O–H groups in total. The molecule has 0 heterocycles. The number of alkyl halides is 1. The van der Waals surface area contributed by atoms with E-state index in [4.69, 9.17) is 21.1 Å². The predicted molar refractivity (Wildman–Crippen MR) is 125 cm³/mol. The van der Waals surface area contributed by atoms with Crippen molar-refractivity contribution in [2.75, 3.05) is 20.0 Å². The first-order valence-corrected chi connectivity index (χ1v) is 12.7. The first kappa shape index (κ1) is 28.2. The Morgan fingerprint density at radius 2 is 1.11 bits per heavy atom. The third-order valence-electron chi connectivity index (χ3n) is 5.63. The van der Waals surface area contributed by atoms with Crippen LogP contribution in [0.3, 0.4) is 0 Å². The van der Waals surface area contributed by atoms with Gasteiger partial charge in [-0.25, -0.2) is 0 Å². The molecule has 0 saturated heterocycles. The Morgan fingerprint density at radius 3 is 1.71 bits per heavy atom. The second kappa shape index (κ2) is 20.5. The summed E-state index contributed by atoms with van der Waals surface area (Å²) in [5.41, 5.74) is 0. The molecule has 2 nitrogen and oxygen atoms in total. The summed E-state index contributed by atoms with van der Waals surface area (Å²) in [6.45, 7) is 13.6. The van der Waals surface area contributed by atoms with E-state index in [-0.39, 0.29) is 0 Å². The lowest BCUT2D eigenvalue weighted by atomic mass is 9.86. The van der Waals surface area contributed by atoms with Crippen LogP contribution in [-0.2, 0) is 9.47 Å². The summed E-state index contributed by atoms with van der Waals surface area (Å²) >= 11 is 6.11. The average Bonchev–Trinajstić information content (AvgIpc) is 2.61. The molecular weight excluding hydrogens is 368 g/mol. The highest BCUT2D eigenvalue weighted by atomic mass is 35.5. The standard InChI is InChI=1S/C25H51ClO2/c1-6-7-8-9-10-11-12-13-16-27-21-28-17-14-15-22(2)18-23(3)19-24(4)20-25(5)26/h22-25H,6-21H2,1-5H3. The van der Waals surface area contributed by atoms with Crippen molar-refractivity contribution in [2.45, 2.75) is 123 Å². The van der Waals surface area contributed by atoms with Crippen molar-refractivity contribution in [3.63, 3.8) is 0 Å². The summed E-state index contributed by atoms with van der Waals surface area (Å²) < 4.78 is 11.2. The topological polar surface area (TPSA) is 18.5 Å². The largest absolute Gasteiger partial charge is 0.355 e. The van der Waals surface area contributed by atoms with Gasteiger partial charge < -0.3 is 9.47 Å². The number of halogens is 1. The van der Waals surface area contributed by atoms with Gasteiger partial charge in [0.25, 0.3) is 0 Å². The summed E-state index contributed by atoms with van der Waals surface area (Å²) in [4.78, 5) is 0. The smallest absolute Gasteiger partial charge is 0.146 e. The Hall–Kier alpha value is 0.210. The van der Waals surface area contributed by atoms with Crippen LogP contribution in [-0.4, -0.2) is 25.4 Å². The summed E-state index contributed by atoms with van der Waals surface area (Å²) in [5, 5.41) is 0.301. The van der Waals surface area contributed by atoms with Crippen LogP contribution < -0.4 is 0 Å². The molecule has 0 aromatic rings. The van der Waals surface area contributed by atoms with E-state index in [1.807, 2.05) is 0 Å². The van der Waals surface area contributed by atoms with Crippen molar-refractivity contribution >= 4 is 11.6 Å². The molecule has 0 aromatic heterocycles. The summed E-state index contributed by atoms with van der Waals surface area (Å²) in [5.74, 6) is 2.30. The van der Waals surface area contributed by atoms with Crippen LogP contribution >= 0.6 is 11.6 Å². The fourth-order valence-corrected chi connectivity index (χ4v) is 4.59. The molecule has 0 aliphatic rings. The van der Waals surface area contributed by atoms with E-state index in [1.165, 1.54) is 70.6 Å². The van der Waals surface area contributed by atoms with E-state index < -0.39 is 0 Å². The van der Waals surface area contributed by atoms with Gasteiger partial charge in [0.1, 0.15) is 6.79 Å². The van der Waals surface area contributed by atoms with Gasteiger partial charge in [0.05, 0.1) is 0 Å². The van der Waals surface area contributed by atoms with Crippen molar-refractivity contribution in [3.8, 4) is 0 Å². The highest BCUT2D eigenvalue weighted by Crippen LogP contribution is 2.25. The van der Waals surface area contributed by atoms with Crippen LogP contribution in [0.1, 0.15) is 118 Å². The first-order valence-electron chi connectivity index (χ1n) is 12.2. The monoisotopic (exact) mass is 418 g/mol. The van der Waals surface area contributed by atoms with E-state index in [0.29, 0.717) is 12.2 Å². The number of hydrogen-bond acceptors (Lipinski definition) is 2. The Morgan fingerprint density at radius 1 is 0.607 bits per heavy atom. The van der Waals surface area contributed by atoms with Gasteiger partial charge in [0, 0.05) is 18.6 Å². The predicted octanol–water partition coefficient (Wildman–Crippen LogP) is 8.60. The van der Waals surface area contributed by atoms with E-state index in [0.717, 1.165) is 43.8 Å². The normalized spacial score (nSPS) is 16.1. The quantitative estimate of drug-likeness (QED) is 0.105. The molecule has 0 aliphatic carbocycles. The van der Waals surface area contributed by atoms with Gasteiger partial charge >= 0.3 is 0 Å². The van der Waals surface area contributed by atoms with Gasteiger partial charge in [-0.1, -0.05) is 72.6 Å². The maximum absolute atomic E-state index is 6.11. The van der Waals surface area contributed by atoms with Crippen LogP contribution in [0, 0.1) is 17.8 Å². The first-order chi connectivity index (χ1) is 13.5. The molecule has 0 aliphatic heterocycles. The van der Waals surface area contributed by atoms with Gasteiger partial charge in [-0.3, -0.25) is 0 Å². The van der Waals surface area contributed by atoms with Crippen molar-refractivity contribution in [1.29, 1.82) is 0 Å². The zero-order chi connectivity index (χ0) is 21.0. The minimum Gasteiger partial charge on any atom is -0.355 e. The zero-order valence-electron chi connectivity index (χ0n) is 19.8. The van der Waals surface area contributed by atoms with Gasteiger partial charge in [-0.2, -0.15) is 0 Å². The highest BCUT2D eigenvalue weighted by Gasteiger charge is 2.14. The maximum Gasteiger partial charge on any atom is 0.146 e. The third-order valence-corrected chi connectivity index (χ3v) is 5.81. The van der Waals surface area contributed by atoms with Crippen molar-refractivity contribution in [3.05, 3.63) is 0 Å². The minimum atomic E-state index is 0.301. The second-order valence-corrected chi connectivity index (χ2v) is 10.1. The number of hydrogen-bond donors (Lipinski definition) is 0.